The van der Waals surface area contributed by atoms with Gasteiger partial charge >= 0.3 is 0 Å². The minimum atomic E-state index is -3.53. The second-order valence-corrected chi connectivity index (χ2v) is 5.21. The molecular weight excluding hydrogens is 236 g/mol. The van der Waals surface area contributed by atoms with Crippen molar-refractivity contribution in [2.45, 2.75) is 4.90 Å². The predicted molar refractivity (Wildman–Crippen MR) is 67.1 cm³/mol. The van der Waals surface area contributed by atoms with Gasteiger partial charge in [-0.25, -0.2) is 13.1 Å². The number of benzene rings is 1. The lowest BCUT2D eigenvalue weighted by atomic mass is 10.2. The van der Waals surface area contributed by atoms with Gasteiger partial charge in [-0.1, -0.05) is 24.3 Å². The fourth-order valence-electron chi connectivity index (χ4n) is 1.54. The zero-order chi connectivity index (χ0) is 12.3. The van der Waals surface area contributed by atoms with Crippen LogP contribution in [0.5, 0.6) is 0 Å². The SMILES string of the molecule is C=CCNS(=O)(=O)c1cccc2cccnc12. The molecule has 1 aromatic heterocycles. The molecule has 2 aromatic rings. The lowest BCUT2D eigenvalue weighted by Gasteiger charge is -2.07. The summed E-state index contributed by atoms with van der Waals surface area (Å²) >= 11 is 0. The summed E-state index contributed by atoms with van der Waals surface area (Å²) < 4.78 is 26.4. The molecule has 5 heteroatoms. The van der Waals surface area contributed by atoms with Crippen molar-refractivity contribution in [3.05, 3.63) is 49.2 Å². The monoisotopic (exact) mass is 248 g/mol. The van der Waals surface area contributed by atoms with Crippen LogP contribution in [0.3, 0.4) is 0 Å². The number of nitrogens with zero attached hydrogens (tertiary/aromatic N) is 1. The molecule has 0 bridgehead atoms. The highest BCUT2D eigenvalue weighted by Gasteiger charge is 2.16. The van der Waals surface area contributed by atoms with Crippen molar-refractivity contribution in [2.75, 3.05) is 6.54 Å². The van der Waals surface area contributed by atoms with Gasteiger partial charge in [-0.3, -0.25) is 4.98 Å². The van der Waals surface area contributed by atoms with Crippen LogP contribution < -0.4 is 4.72 Å². The average molecular weight is 248 g/mol. The van der Waals surface area contributed by atoms with E-state index in [1.54, 1.807) is 24.4 Å². The van der Waals surface area contributed by atoms with Crippen LogP contribution >= 0.6 is 0 Å². The van der Waals surface area contributed by atoms with Gasteiger partial charge in [0.15, 0.2) is 0 Å². The Kier molecular flexibility index (Phi) is 3.21. The molecule has 0 atom stereocenters. The predicted octanol–water partition coefficient (Wildman–Crippen LogP) is 1.70. The van der Waals surface area contributed by atoms with Gasteiger partial charge < -0.3 is 0 Å². The largest absolute Gasteiger partial charge is 0.255 e. The van der Waals surface area contributed by atoms with Gasteiger partial charge in [0, 0.05) is 18.1 Å². The fourth-order valence-corrected chi connectivity index (χ4v) is 2.72. The summed E-state index contributed by atoms with van der Waals surface area (Å²) in [5.74, 6) is 0. The van der Waals surface area contributed by atoms with E-state index in [4.69, 9.17) is 0 Å². The molecule has 0 aliphatic heterocycles. The summed E-state index contributed by atoms with van der Waals surface area (Å²) in [5.41, 5.74) is 0.478. The number of hydrogen-bond donors (Lipinski definition) is 1. The summed E-state index contributed by atoms with van der Waals surface area (Å²) in [6.45, 7) is 3.68. The van der Waals surface area contributed by atoms with E-state index in [0.717, 1.165) is 5.39 Å². The van der Waals surface area contributed by atoms with Gasteiger partial charge in [0.25, 0.3) is 0 Å². The zero-order valence-corrected chi connectivity index (χ0v) is 9.94. The Morgan fingerprint density at radius 2 is 2.06 bits per heavy atom. The Bertz CT molecular complexity index is 645. The van der Waals surface area contributed by atoms with Gasteiger partial charge in [0.2, 0.25) is 10.0 Å². The fraction of sp³-hybridized carbons (Fsp3) is 0.0833. The Morgan fingerprint density at radius 3 is 2.82 bits per heavy atom. The Labute approximate surface area is 100 Å². The lowest BCUT2D eigenvalue weighted by molar-refractivity contribution is 0.586. The maximum atomic E-state index is 12.0. The molecule has 0 radical (unpaired) electrons. The molecule has 0 aliphatic rings. The van der Waals surface area contributed by atoms with Crippen molar-refractivity contribution in [1.29, 1.82) is 0 Å². The molecule has 17 heavy (non-hydrogen) atoms. The number of fused-ring (bicyclic) bond motifs is 1. The maximum absolute atomic E-state index is 12.0. The number of para-hydroxylation sites is 1. The van der Waals surface area contributed by atoms with Crippen LogP contribution in [0.1, 0.15) is 0 Å². The van der Waals surface area contributed by atoms with E-state index in [-0.39, 0.29) is 11.4 Å². The van der Waals surface area contributed by atoms with Crippen LogP contribution in [0.25, 0.3) is 10.9 Å². The third-order valence-electron chi connectivity index (χ3n) is 2.30. The standard InChI is InChI=1S/C12H12N2O2S/c1-2-8-14-17(15,16)11-7-3-5-10-6-4-9-13-12(10)11/h2-7,9,14H,1,8H2. The minimum Gasteiger partial charge on any atom is -0.255 e. The topological polar surface area (TPSA) is 59.1 Å². The third kappa shape index (κ3) is 2.35. The molecule has 0 unspecified atom stereocenters. The highest BCUT2D eigenvalue weighted by atomic mass is 32.2. The molecule has 0 saturated heterocycles. The first-order valence-corrected chi connectivity index (χ1v) is 6.58. The van der Waals surface area contributed by atoms with Crippen molar-refractivity contribution >= 4 is 20.9 Å². The van der Waals surface area contributed by atoms with Gasteiger partial charge in [0.05, 0.1) is 5.52 Å². The minimum absolute atomic E-state index is 0.192. The molecule has 0 saturated carbocycles. The molecule has 0 aliphatic carbocycles. The average Bonchev–Trinajstić information content (AvgIpc) is 2.36. The highest BCUT2D eigenvalue weighted by molar-refractivity contribution is 7.89. The van der Waals surface area contributed by atoms with Crippen molar-refractivity contribution in [3.8, 4) is 0 Å². The molecule has 88 valence electrons. The molecule has 0 amide bonds. The van der Waals surface area contributed by atoms with Crippen molar-refractivity contribution in [3.63, 3.8) is 0 Å². The molecule has 0 fully saturated rings. The van der Waals surface area contributed by atoms with E-state index in [9.17, 15) is 8.42 Å². The van der Waals surface area contributed by atoms with Crippen LogP contribution in [0.2, 0.25) is 0 Å². The lowest BCUT2D eigenvalue weighted by Crippen LogP contribution is -2.24. The van der Waals surface area contributed by atoms with Gasteiger partial charge in [0.1, 0.15) is 4.90 Å². The normalized spacial score (nSPS) is 11.5. The number of aromatic nitrogens is 1. The second kappa shape index (κ2) is 4.65. The first-order valence-electron chi connectivity index (χ1n) is 5.09. The first kappa shape index (κ1) is 11.8. The summed E-state index contributed by atoms with van der Waals surface area (Å²) in [6, 6.07) is 8.67. The molecule has 1 N–H and O–H groups in total. The molecule has 0 spiro atoms. The third-order valence-corrected chi connectivity index (χ3v) is 3.76. The maximum Gasteiger partial charge on any atom is 0.243 e. The first-order chi connectivity index (χ1) is 8.15. The van der Waals surface area contributed by atoms with Crippen LogP contribution in [0.15, 0.2) is 54.1 Å². The van der Waals surface area contributed by atoms with Crippen LogP contribution in [0, 0.1) is 0 Å². The van der Waals surface area contributed by atoms with Crippen molar-refractivity contribution < 1.29 is 8.42 Å². The number of nitrogens with one attached hydrogen (secondary N) is 1. The highest BCUT2D eigenvalue weighted by Crippen LogP contribution is 2.20. The summed E-state index contributed by atoms with van der Waals surface area (Å²) in [7, 11) is -3.53. The van der Waals surface area contributed by atoms with E-state index in [1.165, 1.54) is 6.08 Å². The van der Waals surface area contributed by atoms with Gasteiger partial charge in [-0.15, -0.1) is 6.58 Å². The summed E-state index contributed by atoms with van der Waals surface area (Å²) in [4.78, 5) is 4.30. The van der Waals surface area contributed by atoms with Gasteiger partial charge in [-0.2, -0.15) is 0 Å². The molecule has 1 heterocycles. The second-order valence-electron chi connectivity index (χ2n) is 3.47. The van der Waals surface area contributed by atoms with Gasteiger partial charge in [-0.05, 0) is 12.1 Å². The Morgan fingerprint density at radius 1 is 1.29 bits per heavy atom. The van der Waals surface area contributed by atoms with E-state index in [2.05, 4.69) is 16.3 Å². The van der Waals surface area contributed by atoms with E-state index < -0.39 is 10.0 Å². The smallest absolute Gasteiger partial charge is 0.243 e. The van der Waals surface area contributed by atoms with Crippen molar-refractivity contribution in [2.24, 2.45) is 0 Å². The number of hydrogen-bond acceptors (Lipinski definition) is 3. The number of pyridine rings is 1. The number of rotatable bonds is 4. The quantitative estimate of drug-likeness (QED) is 0.838. The number of sulfonamides is 1. The van der Waals surface area contributed by atoms with E-state index in [0.29, 0.717) is 5.52 Å². The van der Waals surface area contributed by atoms with Crippen molar-refractivity contribution in [1.82, 2.24) is 9.71 Å². The van der Waals surface area contributed by atoms with Crippen LogP contribution in [-0.2, 0) is 10.0 Å². The molecule has 1 aromatic carbocycles. The Hall–Kier alpha value is -1.72. The van der Waals surface area contributed by atoms with Crippen LogP contribution in [-0.4, -0.2) is 19.9 Å². The van der Waals surface area contributed by atoms with E-state index in [1.807, 2.05) is 12.1 Å². The summed E-state index contributed by atoms with van der Waals surface area (Å²) in [6.07, 6.45) is 3.07. The molecule has 4 nitrogen and oxygen atoms in total. The molecular formula is C12H12N2O2S. The van der Waals surface area contributed by atoms with Crippen LogP contribution in [0.4, 0.5) is 0 Å². The molecule has 2 rings (SSSR count). The zero-order valence-electron chi connectivity index (χ0n) is 9.13. The Balaban J connectivity index is 2.59. The van der Waals surface area contributed by atoms with E-state index >= 15 is 0 Å². The summed E-state index contributed by atoms with van der Waals surface area (Å²) in [5, 5.41) is 0.800.